The van der Waals surface area contributed by atoms with Gasteiger partial charge < -0.3 is 5.11 Å². The van der Waals surface area contributed by atoms with Crippen molar-refractivity contribution in [2.75, 3.05) is 13.1 Å². The van der Waals surface area contributed by atoms with Gasteiger partial charge in [-0.1, -0.05) is 120 Å². The maximum atomic E-state index is 11.6. The Balaban J connectivity index is 1.63. The van der Waals surface area contributed by atoms with Gasteiger partial charge in [0.25, 0.3) is 0 Å². The van der Waals surface area contributed by atoms with Gasteiger partial charge in [-0.25, -0.2) is 0 Å². The van der Waals surface area contributed by atoms with Crippen LogP contribution in [0, 0.1) is 0 Å². The molecule has 0 bridgehead atoms. The number of pyridine rings is 1. The normalized spacial score (nSPS) is 12.3. The van der Waals surface area contributed by atoms with Gasteiger partial charge in [-0.15, -0.1) is 0 Å². The molecule has 4 aromatic rings. The van der Waals surface area contributed by atoms with E-state index < -0.39 is 0 Å². The standard InChI is InChI=1S/C37H47N3O/c1-36(2,3)32-23-31(35(41)34(24-32)37(4,5)6)27-39(25-29-15-9-7-10-16-29)21-22-40(26-30-17-11-8-12-18-30)28-33-19-13-14-20-38-33/h7-20,23-24,41H,21-22,25-28H2,1-6H3. The fourth-order valence-corrected chi connectivity index (χ4v) is 5.18. The molecule has 0 saturated carbocycles. The van der Waals surface area contributed by atoms with Gasteiger partial charge in [0, 0.05) is 51.0 Å². The molecule has 0 aliphatic carbocycles. The van der Waals surface area contributed by atoms with Gasteiger partial charge in [-0.2, -0.15) is 0 Å². The predicted molar refractivity (Wildman–Crippen MR) is 171 cm³/mol. The van der Waals surface area contributed by atoms with Crippen LogP contribution in [0.15, 0.2) is 97.2 Å². The molecule has 1 aromatic heterocycles. The lowest BCUT2D eigenvalue weighted by atomic mass is 9.79. The van der Waals surface area contributed by atoms with Crippen molar-refractivity contribution in [2.24, 2.45) is 0 Å². The Bertz CT molecular complexity index is 1320. The number of hydrogen-bond acceptors (Lipinski definition) is 4. The molecular weight excluding hydrogens is 502 g/mol. The largest absolute Gasteiger partial charge is 0.507 e. The van der Waals surface area contributed by atoms with Gasteiger partial charge in [0.05, 0.1) is 5.69 Å². The van der Waals surface area contributed by atoms with Crippen molar-refractivity contribution in [2.45, 2.75) is 78.6 Å². The second-order valence-electron chi connectivity index (χ2n) is 13.2. The van der Waals surface area contributed by atoms with Crippen LogP contribution < -0.4 is 0 Å². The molecule has 0 radical (unpaired) electrons. The summed E-state index contributed by atoms with van der Waals surface area (Å²) in [5, 5.41) is 11.6. The lowest BCUT2D eigenvalue weighted by Gasteiger charge is -2.31. The zero-order chi connectivity index (χ0) is 29.5. The molecule has 0 atom stereocenters. The Kier molecular flexibility index (Phi) is 10.0. The molecule has 0 amide bonds. The average molecular weight is 550 g/mol. The molecule has 4 nitrogen and oxygen atoms in total. The third kappa shape index (κ3) is 9.01. The number of phenols is 1. The Morgan fingerprint density at radius 2 is 1.15 bits per heavy atom. The lowest BCUT2D eigenvalue weighted by molar-refractivity contribution is 0.180. The average Bonchev–Trinajstić information content (AvgIpc) is 2.93. The molecule has 0 aliphatic rings. The van der Waals surface area contributed by atoms with E-state index in [1.165, 1.54) is 16.7 Å². The van der Waals surface area contributed by atoms with Crippen LogP contribution in [0.1, 0.15) is 75.1 Å². The van der Waals surface area contributed by atoms with Crippen LogP contribution in [-0.2, 0) is 37.0 Å². The Morgan fingerprint density at radius 3 is 1.63 bits per heavy atom. The van der Waals surface area contributed by atoms with Crippen LogP contribution in [0.2, 0.25) is 0 Å². The summed E-state index contributed by atoms with van der Waals surface area (Å²) in [6.45, 7) is 18.1. The first-order valence-electron chi connectivity index (χ1n) is 14.8. The highest BCUT2D eigenvalue weighted by Gasteiger charge is 2.26. The molecule has 0 spiro atoms. The minimum absolute atomic E-state index is 0.0120. The van der Waals surface area contributed by atoms with E-state index in [0.29, 0.717) is 12.3 Å². The summed E-state index contributed by atoms with van der Waals surface area (Å²) in [7, 11) is 0. The smallest absolute Gasteiger partial charge is 0.123 e. The fraction of sp³-hybridized carbons (Fsp3) is 0.378. The SMILES string of the molecule is CC(C)(C)c1cc(CN(CCN(Cc2ccccc2)Cc2ccccn2)Cc2ccccc2)c(O)c(C(C)(C)C)c1. The summed E-state index contributed by atoms with van der Waals surface area (Å²) < 4.78 is 0. The second kappa shape index (κ2) is 13.5. The fourth-order valence-electron chi connectivity index (χ4n) is 5.18. The summed E-state index contributed by atoms with van der Waals surface area (Å²) in [6.07, 6.45) is 1.87. The van der Waals surface area contributed by atoms with Gasteiger partial charge >= 0.3 is 0 Å². The van der Waals surface area contributed by atoms with E-state index in [1.807, 2.05) is 12.3 Å². The van der Waals surface area contributed by atoms with Gasteiger partial charge in [0.1, 0.15) is 5.75 Å². The number of aromatic nitrogens is 1. The number of aromatic hydroxyl groups is 1. The van der Waals surface area contributed by atoms with E-state index in [2.05, 4.69) is 141 Å². The molecule has 0 saturated heterocycles. The highest BCUT2D eigenvalue weighted by Crippen LogP contribution is 2.38. The van der Waals surface area contributed by atoms with E-state index in [4.69, 9.17) is 0 Å². The molecule has 4 heteroatoms. The zero-order valence-corrected chi connectivity index (χ0v) is 25.8. The second-order valence-corrected chi connectivity index (χ2v) is 13.2. The number of benzene rings is 3. The Labute approximate surface area is 247 Å². The first-order valence-corrected chi connectivity index (χ1v) is 14.8. The van der Waals surface area contributed by atoms with Crippen LogP contribution in [0.4, 0.5) is 0 Å². The topological polar surface area (TPSA) is 39.6 Å². The third-order valence-corrected chi connectivity index (χ3v) is 7.60. The minimum Gasteiger partial charge on any atom is -0.507 e. The number of hydrogen-bond donors (Lipinski definition) is 1. The highest BCUT2D eigenvalue weighted by molar-refractivity contribution is 5.48. The summed E-state index contributed by atoms with van der Waals surface area (Å²) in [5.74, 6) is 0.429. The number of phenolic OH excluding ortho intramolecular Hbond substituents is 1. The highest BCUT2D eigenvalue weighted by atomic mass is 16.3. The van der Waals surface area contributed by atoms with Gasteiger partial charge in [-0.05, 0) is 45.2 Å². The maximum absolute atomic E-state index is 11.6. The van der Waals surface area contributed by atoms with Crippen molar-refractivity contribution in [3.8, 4) is 5.75 Å². The van der Waals surface area contributed by atoms with Crippen molar-refractivity contribution in [1.29, 1.82) is 0 Å². The Morgan fingerprint density at radius 1 is 0.610 bits per heavy atom. The van der Waals surface area contributed by atoms with Crippen LogP contribution in [0.5, 0.6) is 5.75 Å². The molecular formula is C37H47N3O. The molecule has 0 aliphatic heterocycles. The quantitative estimate of drug-likeness (QED) is 0.205. The third-order valence-electron chi connectivity index (χ3n) is 7.60. The molecule has 0 fully saturated rings. The van der Waals surface area contributed by atoms with E-state index in [1.54, 1.807) is 0 Å². The summed E-state index contributed by atoms with van der Waals surface area (Å²) in [6, 6.07) is 31.9. The van der Waals surface area contributed by atoms with Crippen molar-refractivity contribution >= 4 is 0 Å². The van der Waals surface area contributed by atoms with Gasteiger partial charge in [0.15, 0.2) is 0 Å². The van der Waals surface area contributed by atoms with Crippen molar-refractivity contribution in [3.05, 3.63) is 131 Å². The monoisotopic (exact) mass is 549 g/mol. The molecule has 4 rings (SSSR count). The van der Waals surface area contributed by atoms with Crippen LogP contribution in [-0.4, -0.2) is 33.0 Å². The summed E-state index contributed by atoms with van der Waals surface area (Å²) in [5.41, 5.74) is 6.75. The summed E-state index contributed by atoms with van der Waals surface area (Å²) in [4.78, 5) is 9.56. The zero-order valence-electron chi connectivity index (χ0n) is 25.8. The van der Waals surface area contributed by atoms with E-state index in [-0.39, 0.29) is 10.8 Å². The molecule has 41 heavy (non-hydrogen) atoms. The van der Waals surface area contributed by atoms with E-state index in [0.717, 1.165) is 49.5 Å². The molecule has 1 heterocycles. The van der Waals surface area contributed by atoms with Gasteiger partial charge in [0.2, 0.25) is 0 Å². The first kappa shape index (κ1) is 30.5. The summed E-state index contributed by atoms with van der Waals surface area (Å²) >= 11 is 0. The van der Waals surface area contributed by atoms with Crippen LogP contribution in [0.25, 0.3) is 0 Å². The van der Waals surface area contributed by atoms with Crippen molar-refractivity contribution in [1.82, 2.24) is 14.8 Å². The minimum atomic E-state index is -0.153. The Hall–Kier alpha value is -3.47. The van der Waals surface area contributed by atoms with E-state index >= 15 is 0 Å². The molecule has 3 aromatic carbocycles. The van der Waals surface area contributed by atoms with Crippen molar-refractivity contribution in [3.63, 3.8) is 0 Å². The number of rotatable bonds is 11. The lowest BCUT2D eigenvalue weighted by Crippen LogP contribution is -2.34. The molecule has 0 unspecified atom stereocenters. The predicted octanol–water partition coefficient (Wildman–Crippen LogP) is 8.09. The number of nitrogens with zero attached hydrogens (tertiary/aromatic N) is 3. The van der Waals surface area contributed by atoms with Crippen molar-refractivity contribution < 1.29 is 5.11 Å². The maximum Gasteiger partial charge on any atom is 0.123 e. The van der Waals surface area contributed by atoms with Crippen LogP contribution in [0.3, 0.4) is 0 Å². The van der Waals surface area contributed by atoms with Crippen LogP contribution >= 0.6 is 0 Å². The molecule has 1 N–H and O–H groups in total. The first-order chi connectivity index (χ1) is 19.5. The van der Waals surface area contributed by atoms with Gasteiger partial charge in [-0.3, -0.25) is 14.8 Å². The van der Waals surface area contributed by atoms with E-state index in [9.17, 15) is 5.11 Å². The molecule has 216 valence electrons.